The summed E-state index contributed by atoms with van der Waals surface area (Å²) in [5.74, 6) is 1.59. The predicted octanol–water partition coefficient (Wildman–Crippen LogP) is 3.90. The van der Waals surface area contributed by atoms with E-state index in [4.69, 9.17) is 4.74 Å². The van der Waals surface area contributed by atoms with Gasteiger partial charge in [-0.2, -0.15) is 0 Å². The molecule has 0 saturated carbocycles. The van der Waals surface area contributed by atoms with Crippen LogP contribution in [0, 0.1) is 0 Å². The molecule has 1 N–H and O–H groups in total. The summed E-state index contributed by atoms with van der Waals surface area (Å²) < 4.78 is 5.20. The highest BCUT2D eigenvalue weighted by molar-refractivity contribution is 5.32. The van der Waals surface area contributed by atoms with Crippen LogP contribution in [0.15, 0.2) is 48.5 Å². The van der Waals surface area contributed by atoms with Crippen LogP contribution in [0.5, 0.6) is 5.75 Å². The number of fused-ring (bicyclic) bond motifs is 1. The van der Waals surface area contributed by atoms with E-state index in [0.29, 0.717) is 5.92 Å². The van der Waals surface area contributed by atoms with Gasteiger partial charge in [0.1, 0.15) is 5.75 Å². The molecule has 1 atom stereocenters. The van der Waals surface area contributed by atoms with Crippen molar-refractivity contribution in [2.45, 2.75) is 31.7 Å². The van der Waals surface area contributed by atoms with Crippen molar-refractivity contribution in [3.63, 3.8) is 0 Å². The lowest BCUT2D eigenvalue weighted by Gasteiger charge is -2.26. The van der Waals surface area contributed by atoms with Crippen LogP contribution in [-0.2, 0) is 13.0 Å². The van der Waals surface area contributed by atoms with Gasteiger partial charge in [-0.25, -0.2) is 0 Å². The Morgan fingerprint density at radius 3 is 2.71 bits per heavy atom. The Morgan fingerprint density at radius 2 is 1.90 bits per heavy atom. The third-order valence-corrected chi connectivity index (χ3v) is 4.38. The van der Waals surface area contributed by atoms with E-state index in [9.17, 15) is 0 Å². The summed E-state index contributed by atoms with van der Waals surface area (Å²) in [6.45, 7) is 2.13. The smallest absolute Gasteiger partial charge is 0.118 e. The minimum atomic E-state index is 0.660. The van der Waals surface area contributed by atoms with Gasteiger partial charge in [0, 0.05) is 13.1 Å². The lowest BCUT2D eigenvalue weighted by molar-refractivity contribution is 0.414. The molecule has 2 nitrogen and oxygen atoms in total. The van der Waals surface area contributed by atoms with E-state index in [2.05, 4.69) is 41.7 Å². The predicted molar refractivity (Wildman–Crippen MR) is 86.8 cm³/mol. The molecule has 2 aromatic carbocycles. The van der Waals surface area contributed by atoms with Crippen molar-refractivity contribution in [2.24, 2.45) is 0 Å². The Bertz CT molecular complexity index is 576. The fraction of sp³-hybridized carbons (Fsp3) is 0.368. The first-order valence-corrected chi connectivity index (χ1v) is 7.78. The van der Waals surface area contributed by atoms with Crippen LogP contribution >= 0.6 is 0 Å². The summed E-state index contributed by atoms with van der Waals surface area (Å²) in [6.07, 6.45) is 3.62. The summed E-state index contributed by atoms with van der Waals surface area (Å²) in [5.41, 5.74) is 4.41. The molecule has 1 aliphatic heterocycles. The van der Waals surface area contributed by atoms with E-state index in [1.165, 1.54) is 24.0 Å². The van der Waals surface area contributed by atoms with Crippen molar-refractivity contribution in [3.05, 3.63) is 65.2 Å². The van der Waals surface area contributed by atoms with Crippen LogP contribution in [0.1, 0.15) is 35.4 Å². The standard InChI is InChI=1S/C19H23NO/c1-21-18-11-9-15(10-12-18)5-4-7-17-14-20-13-16-6-2-3-8-19(16)17/h2-3,6,8-12,17,20H,4-5,7,13-14H2,1H3. The third-order valence-electron chi connectivity index (χ3n) is 4.38. The number of aryl methyl sites for hydroxylation is 1. The molecule has 0 aliphatic carbocycles. The second-order valence-corrected chi connectivity index (χ2v) is 5.77. The Morgan fingerprint density at radius 1 is 1.10 bits per heavy atom. The lowest BCUT2D eigenvalue weighted by atomic mass is 9.87. The topological polar surface area (TPSA) is 21.3 Å². The number of rotatable bonds is 5. The highest BCUT2D eigenvalue weighted by Gasteiger charge is 2.18. The number of benzene rings is 2. The van der Waals surface area contributed by atoms with Crippen molar-refractivity contribution in [3.8, 4) is 5.75 Å². The molecule has 0 bridgehead atoms. The van der Waals surface area contributed by atoms with Crippen molar-refractivity contribution >= 4 is 0 Å². The number of ether oxygens (including phenoxy) is 1. The minimum absolute atomic E-state index is 0.660. The first-order valence-electron chi connectivity index (χ1n) is 7.78. The molecule has 0 fully saturated rings. The van der Waals surface area contributed by atoms with Gasteiger partial charge in [-0.1, -0.05) is 36.4 Å². The molecule has 1 aliphatic rings. The van der Waals surface area contributed by atoms with E-state index >= 15 is 0 Å². The molecule has 110 valence electrons. The molecule has 21 heavy (non-hydrogen) atoms. The van der Waals surface area contributed by atoms with Gasteiger partial charge in [0.2, 0.25) is 0 Å². The summed E-state index contributed by atoms with van der Waals surface area (Å²) in [4.78, 5) is 0. The van der Waals surface area contributed by atoms with E-state index in [-0.39, 0.29) is 0 Å². The SMILES string of the molecule is COc1ccc(CCCC2CNCc3ccccc32)cc1. The molecule has 0 amide bonds. The molecule has 0 aromatic heterocycles. The second kappa shape index (κ2) is 6.77. The maximum Gasteiger partial charge on any atom is 0.118 e. The summed E-state index contributed by atoms with van der Waals surface area (Å²) in [7, 11) is 1.71. The maximum atomic E-state index is 5.20. The zero-order chi connectivity index (χ0) is 14.5. The quantitative estimate of drug-likeness (QED) is 0.897. The van der Waals surface area contributed by atoms with Crippen molar-refractivity contribution in [1.29, 1.82) is 0 Å². The fourth-order valence-electron chi connectivity index (χ4n) is 3.19. The fourth-order valence-corrected chi connectivity index (χ4v) is 3.19. The molecule has 3 rings (SSSR count). The van der Waals surface area contributed by atoms with Gasteiger partial charge < -0.3 is 10.1 Å². The molecule has 0 saturated heterocycles. The van der Waals surface area contributed by atoms with Crippen LogP contribution in [0.2, 0.25) is 0 Å². The van der Waals surface area contributed by atoms with Gasteiger partial charge in [-0.3, -0.25) is 0 Å². The highest BCUT2D eigenvalue weighted by Crippen LogP contribution is 2.28. The average molecular weight is 281 g/mol. The average Bonchev–Trinajstić information content (AvgIpc) is 2.56. The minimum Gasteiger partial charge on any atom is -0.497 e. The molecule has 1 unspecified atom stereocenters. The molecular formula is C19H23NO. The highest BCUT2D eigenvalue weighted by atomic mass is 16.5. The molecule has 0 radical (unpaired) electrons. The van der Waals surface area contributed by atoms with Gasteiger partial charge in [0.15, 0.2) is 0 Å². The van der Waals surface area contributed by atoms with Crippen LogP contribution in [0.4, 0.5) is 0 Å². The molecule has 0 spiro atoms. The van der Waals surface area contributed by atoms with Crippen molar-refractivity contribution < 1.29 is 4.74 Å². The van der Waals surface area contributed by atoms with Crippen LogP contribution < -0.4 is 10.1 Å². The number of hydrogen-bond donors (Lipinski definition) is 1. The summed E-state index contributed by atoms with van der Waals surface area (Å²) >= 11 is 0. The third kappa shape index (κ3) is 3.45. The first kappa shape index (κ1) is 14.2. The molecular weight excluding hydrogens is 258 g/mol. The van der Waals surface area contributed by atoms with Gasteiger partial charge in [-0.15, -0.1) is 0 Å². The van der Waals surface area contributed by atoms with Crippen LogP contribution in [0.25, 0.3) is 0 Å². The second-order valence-electron chi connectivity index (χ2n) is 5.77. The lowest BCUT2D eigenvalue weighted by Crippen LogP contribution is -2.28. The number of nitrogens with one attached hydrogen (secondary N) is 1. The van der Waals surface area contributed by atoms with Crippen molar-refractivity contribution in [1.82, 2.24) is 5.32 Å². The Labute approximate surface area is 127 Å². The number of methoxy groups -OCH3 is 1. The first-order chi connectivity index (χ1) is 10.4. The zero-order valence-corrected chi connectivity index (χ0v) is 12.6. The van der Waals surface area contributed by atoms with Crippen LogP contribution in [0.3, 0.4) is 0 Å². The zero-order valence-electron chi connectivity index (χ0n) is 12.6. The summed E-state index contributed by atoms with van der Waals surface area (Å²) in [6, 6.07) is 17.3. The van der Waals surface area contributed by atoms with Crippen LogP contribution in [-0.4, -0.2) is 13.7 Å². The normalized spacial score (nSPS) is 17.3. The van der Waals surface area contributed by atoms with Crippen molar-refractivity contribution in [2.75, 3.05) is 13.7 Å². The van der Waals surface area contributed by atoms with Gasteiger partial charge in [0.25, 0.3) is 0 Å². The Balaban J connectivity index is 1.56. The van der Waals surface area contributed by atoms with E-state index in [1.54, 1.807) is 12.7 Å². The molecule has 2 aromatic rings. The number of hydrogen-bond acceptors (Lipinski definition) is 2. The molecule has 1 heterocycles. The van der Waals surface area contributed by atoms with Gasteiger partial charge in [-0.05, 0) is 54.0 Å². The van der Waals surface area contributed by atoms with E-state index in [0.717, 1.165) is 25.3 Å². The largest absolute Gasteiger partial charge is 0.497 e. The maximum absolute atomic E-state index is 5.20. The monoisotopic (exact) mass is 281 g/mol. The van der Waals surface area contributed by atoms with Gasteiger partial charge >= 0.3 is 0 Å². The molecule has 2 heteroatoms. The van der Waals surface area contributed by atoms with Gasteiger partial charge in [0.05, 0.1) is 7.11 Å². The Kier molecular flexibility index (Phi) is 4.56. The summed E-state index contributed by atoms with van der Waals surface area (Å²) in [5, 5.41) is 3.54. The Hall–Kier alpha value is -1.80. The van der Waals surface area contributed by atoms with E-state index in [1.807, 2.05) is 12.1 Å². The van der Waals surface area contributed by atoms with E-state index < -0.39 is 0 Å².